The van der Waals surface area contributed by atoms with E-state index < -0.39 is 0 Å². The van der Waals surface area contributed by atoms with Crippen LogP contribution >= 0.6 is 0 Å². The molecule has 4 heteroatoms. The van der Waals surface area contributed by atoms with Gasteiger partial charge in [-0.1, -0.05) is 0 Å². The average molecular weight is 202 g/mol. The summed E-state index contributed by atoms with van der Waals surface area (Å²) in [4.78, 5) is 8.79. The van der Waals surface area contributed by atoms with Crippen LogP contribution in [0.25, 0.3) is 11.0 Å². The summed E-state index contributed by atoms with van der Waals surface area (Å²) >= 11 is 0. The monoisotopic (exact) mass is 202 g/mol. The molecule has 0 saturated carbocycles. The molecule has 0 unspecified atom stereocenters. The maximum Gasteiger partial charge on any atom is 0.126 e. The number of fused-ring (bicyclic) bond motifs is 1. The highest BCUT2D eigenvalue weighted by molar-refractivity contribution is 5.74. The molecule has 1 aliphatic heterocycles. The molecular weight excluding hydrogens is 188 g/mol. The number of aromatic nitrogens is 3. The fourth-order valence-corrected chi connectivity index (χ4v) is 2.27. The van der Waals surface area contributed by atoms with E-state index in [2.05, 4.69) is 26.9 Å². The smallest absolute Gasteiger partial charge is 0.126 e. The van der Waals surface area contributed by atoms with Gasteiger partial charge in [-0.3, -0.25) is 4.98 Å². The molecule has 2 aromatic rings. The molecule has 2 aromatic heterocycles. The lowest BCUT2D eigenvalue weighted by Crippen LogP contribution is -2.16. The predicted octanol–water partition coefficient (Wildman–Crippen LogP) is 1.39. The molecule has 78 valence electrons. The van der Waals surface area contributed by atoms with Crippen molar-refractivity contribution in [3.63, 3.8) is 0 Å². The Kier molecular flexibility index (Phi) is 1.95. The SMILES string of the molecule is Cn1c([C@@H]2CCCN2)nc2ccncc21. The van der Waals surface area contributed by atoms with Gasteiger partial charge >= 0.3 is 0 Å². The molecule has 1 N–H and O–H groups in total. The lowest BCUT2D eigenvalue weighted by atomic mass is 10.2. The second-order valence-corrected chi connectivity index (χ2v) is 4.04. The third-order valence-electron chi connectivity index (χ3n) is 3.09. The predicted molar refractivity (Wildman–Crippen MR) is 58.5 cm³/mol. The summed E-state index contributed by atoms with van der Waals surface area (Å²) in [6.07, 6.45) is 6.10. The molecule has 0 aromatic carbocycles. The molecule has 4 nitrogen and oxygen atoms in total. The summed E-state index contributed by atoms with van der Waals surface area (Å²) < 4.78 is 2.14. The first-order chi connectivity index (χ1) is 7.36. The van der Waals surface area contributed by atoms with E-state index in [0.29, 0.717) is 6.04 Å². The normalized spacial score (nSPS) is 21.3. The molecule has 0 spiro atoms. The van der Waals surface area contributed by atoms with Gasteiger partial charge in [-0.2, -0.15) is 0 Å². The molecule has 15 heavy (non-hydrogen) atoms. The van der Waals surface area contributed by atoms with Crippen molar-refractivity contribution in [2.75, 3.05) is 6.54 Å². The second kappa shape index (κ2) is 3.31. The van der Waals surface area contributed by atoms with Gasteiger partial charge < -0.3 is 9.88 Å². The van der Waals surface area contributed by atoms with E-state index in [9.17, 15) is 0 Å². The van der Waals surface area contributed by atoms with Gasteiger partial charge in [0, 0.05) is 13.2 Å². The Bertz CT molecular complexity index is 482. The van der Waals surface area contributed by atoms with Crippen LogP contribution in [0.15, 0.2) is 18.5 Å². The van der Waals surface area contributed by atoms with Crippen molar-refractivity contribution in [2.45, 2.75) is 18.9 Å². The molecule has 0 radical (unpaired) electrons. The van der Waals surface area contributed by atoms with Gasteiger partial charge in [-0.25, -0.2) is 4.98 Å². The van der Waals surface area contributed by atoms with E-state index in [0.717, 1.165) is 23.4 Å². The lowest BCUT2D eigenvalue weighted by Gasteiger charge is -2.09. The topological polar surface area (TPSA) is 42.7 Å². The molecule has 1 saturated heterocycles. The van der Waals surface area contributed by atoms with Crippen LogP contribution in [0.1, 0.15) is 24.7 Å². The number of imidazole rings is 1. The summed E-state index contributed by atoms with van der Waals surface area (Å²) in [7, 11) is 2.06. The van der Waals surface area contributed by atoms with Crippen LogP contribution in [0.2, 0.25) is 0 Å². The average Bonchev–Trinajstić information content (AvgIpc) is 2.87. The van der Waals surface area contributed by atoms with E-state index in [4.69, 9.17) is 0 Å². The highest BCUT2D eigenvalue weighted by atomic mass is 15.1. The first kappa shape index (κ1) is 8.85. The number of aryl methyl sites for hydroxylation is 1. The van der Waals surface area contributed by atoms with Gasteiger partial charge in [0.05, 0.1) is 23.3 Å². The maximum atomic E-state index is 4.65. The molecule has 1 aliphatic rings. The maximum absolute atomic E-state index is 4.65. The minimum Gasteiger partial charge on any atom is -0.329 e. The number of rotatable bonds is 1. The molecule has 3 heterocycles. The quantitative estimate of drug-likeness (QED) is 0.760. The van der Waals surface area contributed by atoms with Gasteiger partial charge in [-0.05, 0) is 25.5 Å². The summed E-state index contributed by atoms with van der Waals surface area (Å²) in [5.41, 5.74) is 2.15. The zero-order valence-corrected chi connectivity index (χ0v) is 8.77. The molecular formula is C11H14N4. The second-order valence-electron chi connectivity index (χ2n) is 4.04. The molecule has 3 rings (SSSR count). The Morgan fingerprint density at radius 3 is 3.20 bits per heavy atom. The minimum absolute atomic E-state index is 0.419. The van der Waals surface area contributed by atoms with Gasteiger partial charge in [-0.15, -0.1) is 0 Å². The van der Waals surface area contributed by atoms with E-state index >= 15 is 0 Å². The van der Waals surface area contributed by atoms with Crippen molar-refractivity contribution in [3.05, 3.63) is 24.3 Å². The lowest BCUT2D eigenvalue weighted by molar-refractivity contribution is 0.584. The number of hydrogen-bond acceptors (Lipinski definition) is 3. The van der Waals surface area contributed by atoms with Crippen LogP contribution < -0.4 is 5.32 Å². The van der Waals surface area contributed by atoms with Crippen LogP contribution in [0, 0.1) is 0 Å². The Balaban J connectivity index is 2.14. The molecule has 0 bridgehead atoms. The number of pyridine rings is 1. The zero-order chi connectivity index (χ0) is 10.3. The van der Waals surface area contributed by atoms with Crippen molar-refractivity contribution in [2.24, 2.45) is 7.05 Å². The van der Waals surface area contributed by atoms with Crippen molar-refractivity contribution in [1.82, 2.24) is 19.9 Å². The summed E-state index contributed by atoms with van der Waals surface area (Å²) in [6, 6.07) is 2.38. The van der Waals surface area contributed by atoms with Crippen LogP contribution in [-0.2, 0) is 7.05 Å². The largest absolute Gasteiger partial charge is 0.329 e. The Labute approximate surface area is 88.3 Å². The summed E-state index contributed by atoms with van der Waals surface area (Å²) in [6.45, 7) is 1.10. The van der Waals surface area contributed by atoms with E-state index in [1.807, 2.05) is 12.3 Å². The Morgan fingerprint density at radius 2 is 2.47 bits per heavy atom. The third-order valence-corrected chi connectivity index (χ3v) is 3.09. The first-order valence-corrected chi connectivity index (χ1v) is 5.36. The number of nitrogens with zero attached hydrogens (tertiary/aromatic N) is 3. The summed E-state index contributed by atoms with van der Waals surface area (Å²) in [5, 5.41) is 3.47. The molecule has 1 atom stereocenters. The van der Waals surface area contributed by atoms with E-state index in [1.54, 1.807) is 6.20 Å². The van der Waals surface area contributed by atoms with Crippen LogP contribution in [0.5, 0.6) is 0 Å². The number of nitrogens with one attached hydrogen (secondary N) is 1. The van der Waals surface area contributed by atoms with Crippen LogP contribution in [-0.4, -0.2) is 21.1 Å². The van der Waals surface area contributed by atoms with Crippen LogP contribution in [0.3, 0.4) is 0 Å². The first-order valence-electron chi connectivity index (χ1n) is 5.36. The summed E-state index contributed by atoms with van der Waals surface area (Å²) in [5.74, 6) is 1.13. The standard InChI is InChI=1S/C11H14N4/c1-15-10-7-12-6-4-8(10)14-11(15)9-3-2-5-13-9/h4,6-7,9,13H,2-3,5H2,1H3/t9-/m0/s1. The number of hydrogen-bond donors (Lipinski definition) is 1. The Hall–Kier alpha value is -1.42. The van der Waals surface area contributed by atoms with Gasteiger partial charge in [0.2, 0.25) is 0 Å². The highest BCUT2D eigenvalue weighted by Gasteiger charge is 2.21. The third kappa shape index (κ3) is 1.33. The zero-order valence-electron chi connectivity index (χ0n) is 8.77. The van der Waals surface area contributed by atoms with Crippen molar-refractivity contribution < 1.29 is 0 Å². The van der Waals surface area contributed by atoms with Gasteiger partial charge in [0.15, 0.2) is 0 Å². The van der Waals surface area contributed by atoms with Crippen LogP contribution in [0.4, 0.5) is 0 Å². The molecule has 1 fully saturated rings. The fourth-order valence-electron chi connectivity index (χ4n) is 2.27. The highest BCUT2D eigenvalue weighted by Crippen LogP contribution is 2.24. The van der Waals surface area contributed by atoms with Crippen molar-refractivity contribution >= 4 is 11.0 Å². The van der Waals surface area contributed by atoms with Crippen molar-refractivity contribution in [1.29, 1.82) is 0 Å². The minimum atomic E-state index is 0.419. The van der Waals surface area contributed by atoms with E-state index in [1.165, 1.54) is 12.8 Å². The molecule has 0 aliphatic carbocycles. The van der Waals surface area contributed by atoms with Gasteiger partial charge in [0.1, 0.15) is 5.82 Å². The van der Waals surface area contributed by atoms with Crippen molar-refractivity contribution in [3.8, 4) is 0 Å². The Morgan fingerprint density at radius 1 is 1.53 bits per heavy atom. The van der Waals surface area contributed by atoms with E-state index in [-0.39, 0.29) is 0 Å². The van der Waals surface area contributed by atoms with Gasteiger partial charge in [0.25, 0.3) is 0 Å². The molecule has 0 amide bonds. The fraction of sp³-hybridized carbons (Fsp3) is 0.455.